The van der Waals surface area contributed by atoms with Gasteiger partial charge in [0.15, 0.2) is 0 Å². The van der Waals surface area contributed by atoms with Crippen molar-refractivity contribution in [1.29, 1.82) is 0 Å². The monoisotopic (exact) mass is 249 g/mol. The van der Waals surface area contributed by atoms with E-state index in [4.69, 9.17) is 5.10 Å². The molecule has 0 bridgehead atoms. The maximum Gasteiger partial charge on any atom is 0.0628 e. The van der Waals surface area contributed by atoms with Gasteiger partial charge in [0, 0.05) is 18.3 Å². The molecule has 0 aliphatic heterocycles. The average molecular weight is 249 g/mol. The van der Waals surface area contributed by atoms with Crippen LogP contribution < -0.4 is 5.32 Å². The Kier molecular flexibility index (Phi) is 4.81. The van der Waals surface area contributed by atoms with Crippen LogP contribution in [0.4, 0.5) is 0 Å². The van der Waals surface area contributed by atoms with Crippen LogP contribution in [0, 0.1) is 5.92 Å². The highest BCUT2D eigenvalue weighted by Crippen LogP contribution is 2.28. The molecule has 0 radical (unpaired) electrons. The Bertz CT molecular complexity index is 358. The van der Waals surface area contributed by atoms with Crippen LogP contribution in [-0.4, -0.2) is 22.4 Å². The fourth-order valence-corrected chi connectivity index (χ4v) is 3.00. The lowest BCUT2D eigenvalue weighted by Crippen LogP contribution is -2.33. The number of hydrogen-bond donors (Lipinski definition) is 1. The summed E-state index contributed by atoms with van der Waals surface area (Å²) in [7, 11) is 0. The first-order valence-electron chi connectivity index (χ1n) is 7.52. The number of nitrogens with one attached hydrogen (secondary N) is 1. The molecule has 0 spiro atoms. The van der Waals surface area contributed by atoms with Crippen molar-refractivity contribution in [2.75, 3.05) is 6.54 Å². The van der Waals surface area contributed by atoms with Crippen molar-refractivity contribution in [2.45, 2.75) is 65.0 Å². The molecule has 102 valence electrons. The molecule has 1 fully saturated rings. The first kappa shape index (κ1) is 13.6. The molecule has 3 heteroatoms. The van der Waals surface area contributed by atoms with Crippen molar-refractivity contribution < 1.29 is 0 Å². The van der Waals surface area contributed by atoms with Crippen LogP contribution in [0.5, 0.6) is 0 Å². The van der Waals surface area contributed by atoms with Crippen LogP contribution in [0.3, 0.4) is 0 Å². The Morgan fingerprint density at radius 2 is 2.28 bits per heavy atom. The van der Waals surface area contributed by atoms with Gasteiger partial charge in [0.1, 0.15) is 0 Å². The van der Waals surface area contributed by atoms with Crippen LogP contribution in [0.1, 0.15) is 58.2 Å². The molecule has 1 saturated carbocycles. The predicted molar refractivity (Wildman–Crippen MR) is 75.7 cm³/mol. The van der Waals surface area contributed by atoms with E-state index in [0.29, 0.717) is 12.1 Å². The van der Waals surface area contributed by atoms with Gasteiger partial charge in [0.2, 0.25) is 0 Å². The van der Waals surface area contributed by atoms with Crippen LogP contribution >= 0.6 is 0 Å². The van der Waals surface area contributed by atoms with Gasteiger partial charge in [0.05, 0.1) is 5.69 Å². The fourth-order valence-electron chi connectivity index (χ4n) is 3.00. The Morgan fingerprint density at radius 3 is 3.00 bits per heavy atom. The molecule has 3 nitrogen and oxygen atoms in total. The molecular weight excluding hydrogens is 222 g/mol. The van der Waals surface area contributed by atoms with Gasteiger partial charge in [-0.25, -0.2) is 0 Å². The molecule has 1 aliphatic rings. The van der Waals surface area contributed by atoms with Crippen LogP contribution in [-0.2, 0) is 6.42 Å². The highest BCUT2D eigenvalue weighted by atomic mass is 15.3. The second-order valence-corrected chi connectivity index (χ2v) is 5.60. The normalized spacial score (nSPS) is 25.5. The molecule has 0 aromatic carbocycles. The maximum absolute atomic E-state index is 4.73. The van der Waals surface area contributed by atoms with E-state index in [2.05, 4.69) is 43.0 Å². The van der Waals surface area contributed by atoms with Crippen molar-refractivity contribution in [3.8, 4) is 0 Å². The molecule has 0 amide bonds. The molecule has 0 saturated heterocycles. The van der Waals surface area contributed by atoms with E-state index in [1.165, 1.54) is 25.0 Å². The third-order valence-electron chi connectivity index (χ3n) is 4.30. The molecule has 3 unspecified atom stereocenters. The zero-order valence-corrected chi connectivity index (χ0v) is 12.0. The average Bonchev–Trinajstić information content (AvgIpc) is 3.00. The molecule has 2 rings (SSSR count). The van der Waals surface area contributed by atoms with Crippen LogP contribution in [0.25, 0.3) is 0 Å². The van der Waals surface area contributed by atoms with Gasteiger partial charge in [-0.05, 0) is 51.1 Å². The second kappa shape index (κ2) is 6.37. The summed E-state index contributed by atoms with van der Waals surface area (Å²) in [4.78, 5) is 0. The minimum atomic E-state index is 0.520. The molecule has 1 aliphatic carbocycles. The summed E-state index contributed by atoms with van der Waals surface area (Å²) >= 11 is 0. The lowest BCUT2D eigenvalue weighted by Gasteiger charge is -2.19. The predicted octanol–water partition coefficient (Wildman–Crippen LogP) is 3.17. The SMILES string of the molecule is CCNC1CCCC1Cc1ccn(C(C)CC)n1. The molecular formula is C15H27N3. The van der Waals surface area contributed by atoms with Gasteiger partial charge in [-0.3, -0.25) is 4.68 Å². The molecule has 1 N–H and O–H groups in total. The van der Waals surface area contributed by atoms with Gasteiger partial charge < -0.3 is 5.32 Å². The highest BCUT2D eigenvalue weighted by Gasteiger charge is 2.27. The quantitative estimate of drug-likeness (QED) is 0.839. The van der Waals surface area contributed by atoms with Gasteiger partial charge in [0.25, 0.3) is 0 Å². The summed E-state index contributed by atoms with van der Waals surface area (Å²) in [5, 5.41) is 8.35. The molecule has 3 atom stereocenters. The Balaban J connectivity index is 1.94. The Hall–Kier alpha value is -0.830. The standard InChI is InChI=1S/C15H27N3/c1-4-12(3)18-10-9-14(17-18)11-13-7-6-8-15(13)16-5-2/h9-10,12-13,15-16H,4-8,11H2,1-3H3. The minimum Gasteiger partial charge on any atom is -0.314 e. The first-order valence-corrected chi connectivity index (χ1v) is 7.52. The van der Waals surface area contributed by atoms with E-state index in [9.17, 15) is 0 Å². The van der Waals surface area contributed by atoms with Crippen molar-refractivity contribution in [3.63, 3.8) is 0 Å². The minimum absolute atomic E-state index is 0.520. The number of rotatable bonds is 6. The third-order valence-corrected chi connectivity index (χ3v) is 4.30. The summed E-state index contributed by atoms with van der Waals surface area (Å²) in [6.45, 7) is 7.73. The van der Waals surface area contributed by atoms with E-state index in [1.54, 1.807) is 0 Å². The van der Waals surface area contributed by atoms with Crippen LogP contribution in [0.2, 0.25) is 0 Å². The third kappa shape index (κ3) is 3.14. The van der Waals surface area contributed by atoms with E-state index >= 15 is 0 Å². The summed E-state index contributed by atoms with van der Waals surface area (Å²) in [6.07, 6.45) is 8.49. The molecule has 18 heavy (non-hydrogen) atoms. The zero-order chi connectivity index (χ0) is 13.0. The van der Waals surface area contributed by atoms with E-state index < -0.39 is 0 Å². The summed E-state index contributed by atoms with van der Waals surface area (Å²) < 4.78 is 2.12. The lowest BCUT2D eigenvalue weighted by atomic mass is 9.98. The summed E-state index contributed by atoms with van der Waals surface area (Å²) in [6, 6.07) is 3.43. The molecule has 1 aromatic rings. The maximum atomic E-state index is 4.73. The van der Waals surface area contributed by atoms with E-state index in [0.717, 1.165) is 25.3 Å². The number of nitrogens with zero attached hydrogens (tertiary/aromatic N) is 2. The lowest BCUT2D eigenvalue weighted by molar-refractivity contribution is 0.398. The van der Waals surface area contributed by atoms with Crippen LogP contribution in [0.15, 0.2) is 12.3 Å². The number of aromatic nitrogens is 2. The van der Waals surface area contributed by atoms with Gasteiger partial charge in [-0.15, -0.1) is 0 Å². The fraction of sp³-hybridized carbons (Fsp3) is 0.800. The van der Waals surface area contributed by atoms with Crippen molar-refractivity contribution in [1.82, 2.24) is 15.1 Å². The van der Waals surface area contributed by atoms with Gasteiger partial charge >= 0.3 is 0 Å². The Labute approximate surface area is 111 Å². The highest BCUT2D eigenvalue weighted by molar-refractivity contribution is 5.03. The molecule has 1 aromatic heterocycles. The summed E-state index contributed by atoms with van der Waals surface area (Å²) in [5.74, 6) is 0.783. The van der Waals surface area contributed by atoms with Gasteiger partial charge in [-0.1, -0.05) is 20.3 Å². The Morgan fingerprint density at radius 1 is 1.44 bits per heavy atom. The van der Waals surface area contributed by atoms with E-state index in [1.807, 2.05) is 0 Å². The largest absolute Gasteiger partial charge is 0.314 e. The van der Waals surface area contributed by atoms with Crippen molar-refractivity contribution in [3.05, 3.63) is 18.0 Å². The molecule has 1 heterocycles. The second-order valence-electron chi connectivity index (χ2n) is 5.60. The van der Waals surface area contributed by atoms with Gasteiger partial charge in [-0.2, -0.15) is 5.10 Å². The summed E-state index contributed by atoms with van der Waals surface area (Å²) in [5.41, 5.74) is 1.27. The smallest absolute Gasteiger partial charge is 0.0628 e. The van der Waals surface area contributed by atoms with Crippen molar-refractivity contribution in [2.24, 2.45) is 5.92 Å². The van der Waals surface area contributed by atoms with E-state index in [-0.39, 0.29) is 0 Å². The first-order chi connectivity index (χ1) is 8.74. The zero-order valence-electron chi connectivity index (χ0n) is 12.0. The van der Waals surface area contributed by atoms with Crippen molar-refractivity contribution >= 4 is 0 Å². The topological polar surface area (TPSA) is 29.9 Å². The number of hydrogen-bond acceptors (Lipinski definition) is 2.